The minimum Gasteiger partial charge on any atom is -0.308 e. The van der Waals surface area contributed by atoms with Gasteiger partial charge in [-0.1, -0.05) is 0 Å². The zero-order chi connectivity index (χ0) is 30.6. The summed E-state index contributed by atoms with van der Waals surface area (Å²) in [4.78, 5) is 111. The van der Waals surface area contributed by atoms with Crippen molar-refractivity contribution in [3.8, 4) is 0 Å². The third kappa shape index (κ3) is 5.74. The van der Waals surface area contributed by atoms with Gasteiger partial charge in [0.15, 0.2) is 0 Å². The molecule has 2 atom stereocenters. The molecule has 0 spiro atoms. The smallest absolute Gasteiger partial charge is 0.262 e. The Labute approximate surface area is 263 Å². The number of nitrogens with zero attached hydrogens (tertiary/aromatic N) is 6. The van der Waals surface area contributed by atoms with Crippen LogP contribution >= 0.6 is 24.8 Å². The number of benzene rings is 1. The molecule has 2 saturated heterocycles. The molecule has 3 aromatic rings. The molecule has 2 aromatic heterocycles. The fourth-order valence-corrected chi connectivity index (χ4v) is 5.77. The van der Waals surface area contributed by atoms with Gasteiger partial charge in [-0.15, -0.1) is 24.8 Å². The summed E-state index contributed by atoms with van der Waals surface area (Å²) in [6, 6.07) is -0.0631. The predicted molar refractivity (Wildman–Crippen MR) is 166 cm³/mol. The first kappa shape index (κ1) is 34.8. The first-order chi connectivity index (χ1) is 19.8. The predicted octanol–water partition coefficient (Wildman–Crippen LogP) is -0.741. The third-order valence-corrected chi connectivity index (χ3v) is 8.09. The van der Waals surface area contributed by atoms with E-state index in [2.05, 4.69) is 0 Å². The number of rotatable bonds is 8. The van der Waals surface area contributed by atoms with Gasteiger partial charge in [0, 0.05) is 39.0 Å². The van der Waals surface area contributed by atoms with Gasteiger partial charge in [0.05, 0.1) is 21.5 Å². The molecule has 238 valence electrons. The van der Waals surface area contributed by atoms with Gasteiger partial charge in [0.1, 0.15) is 12.1 Å². The van der Waals surface area contributed by atoms with Crippen molar-refractivity contribution in [2.75, 3.05) is 54.4 Å². The molecule has 2 aliphatic rings. The lowest BCUT2D eigenvalue weighted by molar-refractivity contribution is -0.152. The fourth-order valence-electron chi connectivity index (χ4n) is 5.77. The summed E-state index contributed by atoms with van der Waals surface area (Å²) >= 11 is 0. The highest BCUT2D eigenvalue weighted by molar-refractivity contribution is 6.02. The Morgan fingerprint density at radius 1 is 0.568 bits per heavy atom. The average molecular weight is 654 g/mol. The molecule has 2 fully saturated rings. The van der Waals surface area contributed by atoms with Crippen molar-refractivity contribution in [2.24, 2.45) is 0 Å². The van der Waals surface area contributed by atoms with Crippen LogP contribution < -0.4 is 22.2 Å². The molecule has 14 nitrogen and oxygen atoms in total. The van der Waals surface area contributed by atoms with Gasteiger partial charge < -0.3 is 9.80 Å². The maximum atomic E-state index is 13.5. The van der Waals surface area contributed by atoms with E-state index in [4.69, 9.17) is 0 Å². The molecule has 2 aliphatic heterocycles. The average Bonchev–Trinajstić information content (AvgIpc) is 3.31. The number of fused-ring (bicyclic) bond motifs is 2. The van der Waals surface area contributed by atoms with Crippen molar-refractivity contribution in [3.63, 3.8) is 0 Å². The molecule has 4 amide bonds. The van der Waals surface area contributed by atoms with Crippen molar-refractivity contribution in [1.82, 2.24) is 28.7 Å². The fraction of sp³-hybridized carbons (Fsp3) is 0.500. The first-order valence-electron chi connectivity index (χ1n) is 13.7. The van der Waals surface area contributed by atoms with Gasteiger partial charge >= 0.3 is 0 Å². The zero-order valence-electron chi connectivity index (χ0n) is 24.7. The Morgan fingerprint density at radius 2 is 0.864 bits per heavy atom. The molecule has 0 aliphatic carbocycles. The summed E-state index contributed by atoms with van der Waals surface area (Å²) < 4.78 is 1.62. The van der Waals surface area contributed by atoms with Crippen molar-refractivity contribution in [3.05, 3.63) is 53.5 Å². The van der Waals surface area contributed by atoms with Crippen LogP contribution in [0.4, 0.5) is 0 Å². The normalized spacial score (nSPS) is 19.4. The van der Waals surface area contributed by atoms with Gasteiger partial charge in [0.2, 0.25) is 11.8 Å². The summed E-state index contributed by atoms with van der Waals surface area (Å²) in [5, 5.41) is -0.541. The minimum absolute atomic E-state index is 0. The van der Waals surface area contributed by atoms with Crippen LogP contribution in [0.5, 0.6) is 0 Å². The number of carbonyl (C=O) groups is 4. The van der Waals surface area contributed by atoms with Crippen LogP contribution in [0.25, 0.3) is 21.5 Å². The molecular formula is C28H34Cl2N6O8. The standard InChI is InChI=1S/C28H32N6O8.2ClH/c1-29(2)9-11-31-21(35)7-5-19(27(31)41)33-23(37)15-13-17-18(14-16(15)24(33)38)26(40)34(25(17)39)20-6-8-22(36)32(28(20)42)12-10-30(3)4;;/h13-14,19-20H,5-12H2,1-4H3;2*1H. The van der Waals surface area contributed by atoms with Crippen LogP contribution in [-0.4, -0.2) is 107 Å². The summed E-state index contributed by atoms with van der Waals surface area (Å²) in [7, 11) is 7.14. The number of likely N-dealkylation sites (tertiary alicyclic amines) is 2. The van der Waals surface area contributed by atoms with Crippen molar-refractivity contribution in [2.45, 2.75) is 37.8 Å². The molecule has 16 heteroatoms. The van der Waals surface area contributed by atoms with E-state index in [0.717, 1.165) is 31.1 Å². The summed E-state index contributed by atoms with van der Waals surface area (Å²) in [6.07, 6.45) is -0.105. The van der Waals surface area contributed by atoms with E-state index in [1.165, 1.54) is 0 Å². The number of amides is 4. The second-order valence-corrected chi connectivity index (χ2v) is 11.4. The first-order valence-corrected chi connectivity index (χ1v) is 13.7. The number of aromatic nitrogens is 2. The molecule has 0 bridgehead atoms. The van der Waals surface area contributed by atoms with E-state index < -0.39 is 46.1 Å². The van der Waals surface area contributed by atoms with Crippen LogP contribution in [0.3, 0.4) is 0 Å². The molecule has 44 heavy (non-hydrogen) atoms. The Hall–Kier alpha value is -3.72. The zero-order valence-corrected chi connectivity index (χ0v) is 26.4. The molecule has 1 aromatic carbocycles. The Bertz CT molecular complexity index is 1650. The number of imide groups is 2. The third-order valence-electron chi connectivity index (χ3n) is 8.09. The van der Waals surface area contributed by atoms with Crippen LogP contribution in [0, 0.1) is 0 Å². The second-order valence-electron chi connectivity index (χ2n) is 11.4. The van der Waals surface area contributed by atoms with Gasteiger partial charge in [-0.05, 0) is 53.2 Å². The van der Waals surface area contributed by atoms with Crippen molar-refractivity contribution < 1.29 is 19.2 Å². The quantitative estimate of drug-likeness (QED) is 0.284. The topological polar surface area (TPSA) is 159 Å². The maximum absolute atomic E-state index is 13.5. The van der Waals surface area contributed by atoms with Gasteiger partial charge in [-0.25, -0.2) is 0 Å². The number of piperidine rings is 2. The molecule has 0 N–H and O–H groups in total. The molecule has 2 unspecified atom stereocenters. The van der Waals surface area contributed by atoms with Crippen LogP contribution in [0.15, 0.2) is 31.3 Å². The minimum atomic E-state index is -1.19. The lowest BCUT2D eigenvalue weighted by Crippen LogP contribution is -2.50. The molecule has 5 rings (SSSR count). The molecular weight excluding hydrogens is 619 g/mol. The number of hydrogen-bond acceptors (Lipinski definition) is 10. The van der Waals surface area contributed by atoms with Gasteiger partial charge in [-0.3, -0.25) is 57.3 Å². The van der Waals surface area contributed by atoms with E-state index >= 15 is 0 Å². The van der Waals surface area contributed by atoms with E-state index in [1.807, 2.05) is 0 Å². The monoisotopic (exact) mass is 652 g/mol. The van der Waals surface area contributed by atoms with Gasteiger partial charge in [0.25, 0.3) is 34.1 Å². The van der Waals surface area contributed by atoms with Crippen LogP contribution in [0.1, 0.15) is 37.8 Å². The lowest BCUT2D eigenvalue weighted by atomic mass is 10.0. The highest BCUT2D eigenvalue weighted by atomic mass is 35.5. The molecule has 0 saturated carbocycles. The number of likely N-dealkylation sites (N-methyl/N-ethyl adjacent to an activating group) is 2. The second kappa shape index (κ2) is 13.1. The number of halogens is 2. The largest absolute Gasteiger partial charge is 0.308 e. The van der Waals surface area contributed by atoms with E-state index in [-0.39, 0.29) is 96.9 Å². The molecule has 4 heterocycles. The summed E-state index contributed by atoms with van der Waals surface area (Å²) in [6.45, 7) is 1.03. The van der Waals surface area contributed by atoms with Crippen LogP contribution in [-0.2, 0) is 19.2 Å². The number of carbonyl (C=O) groups excluding carboxylic acids is 4. The summed E-state index contributed by atoms with van der Waals surface area (Å²) in [5.74, 6) is -2.08. The highest BCUT2D eigenvalue weighted by Crippen LogP contribution is 2.26. The highest BCUT2D eigenvalue weighted by Gasteiger charge is 2.39. The summed E-state index contributed by atoms with van der Waals surface area (Å²) in [5.41, 5.74) is -3.20. The van der Waals surface area contributed by atoms with Gasteiger partial charge in [-0.2, -0.15) is 0 Å². The Kier molecular flexibility index (Phi) is 10.4. The van der Waals surface area contributed by atoms with Crippen LogP contribution in [0.2, 0.25) is 0 Å². The number of hydrogen-bond donors (Lipinski definition) is 0. The van der Waals surface area contributed by atoms with Crippen molar-refractivity contribution >= 4 is 70.0 Å². The Morgan fingerprint density at radius 3 is 1.14 bits per heavy atom. The van der Waals surface area contributed by atoms with E-state index in [0.29, 0.717) is 13.1 Å². The Balaban J connectivity index is 0.00000264. The maximum Gasteiger partial charge on any atom is 0.262 e. The van der Waals surface area contributed by atoms with E-state index in [9.17, 15) is 38.4 Å². The van der Waals surface area contributed by atoms with Crippen molar-refractivity contribution in [1.29, 1.82) is 0 Å². The molecule has 0 radical (unpaired) electrons. The SMILES string of the molecule is CN(C)CCN1C(=O)CCC(n2c(=O)c3cc4c(=O)n(C5CCC(=O)N(CCN(C)C)C5=O)c(=O)c4cc3c2=O)C1=O.Cl.Cl. The van der Waals surface area contributed by atoms with E-state index in [1.54, 1.807) is 38.0 Å². The lowest BCUT2D eigenvalue weighted by Gasteiger charge is -2.31.